The molecule has 0 bridgehead atoms. The van der Waals surface area contributed by atoms with Crippen LogP contribution in [0, 0.1) is 11.3 Å². The number of carbonyl (C=O) groups excluding carboxylic acids is 1. The smallest absolute Gasteiger partial charge is 0.225 e. The molecule has 1 aliphatic heterocycles. The van der Waals surface area contributed by atoms with Crippen LogP contribution in [-0.2, 0) is 4.79 Å². The molecule has 116 valence electrons. The number of carbonyl (C=O) groups is 1. The lowest BCUT2D eigenvalue weighted by molar-refractivity contribution is -0.128. The molecule has 1 fully saturated rings. The quantitative estimate of drug-likeness (QED) is 0.468. The normalized spacial score (nSPS) is 20.8. The molecule has 0 aromatic heterocycles. The van der Waals surface area contributed by atoms with Crippen molar-refractivity contribution in [1.82, 2.24) is 15.5 Å². The van der Waals surface area contributed by atoms with Gasteiger partial charge >= 0.3 is 0 Å². The van der Waals surface area contributed by atoms with Crippen molar-refractivity contribution in [3.8, 4) is 0 Å². The van der Waals surface area contributed by atoms with Crippen molar-refractivity contribution < 1.29 is 4.79 Å². The predicted octanol–water partition coefficient (Wildman–Crippen LogP) is 1.46. The summed E-state index contributed by atoms with van der Waals surface area (Å²) >= 11 is 0. The second-order valence-corrected chi connectivity index (χ2v) is 6.67. The van der Waals surface area contributed by atoms with Crippen molar-refractivity contribution >= 4 is 11.9 Å². The zero-order valence-electron chi connectivity index (χ0n) is 13.6. The molecule has 0 radical (unpaired) electrons. The molecule has 1 unspecified atom stereocenters. The molecule has 1 atom stereocenters. The number of piperidine rings is 1. The lowest BCUT2D eigenvalue weighted by Crippen LogP contribution is -2.48. The molecule has 0 aliphatic carbocycles. The number of nitrogens with one attached hydrogen (secondary N) is 2. The summed E-state index contributed by atoms with van der Waals surface area (Å²) in [5, 5.41) is 6.27. The first-order chi connectivity index (χ1) is 9.34. The Morgan fingerprint density at radius 1 is 1.30 bits per heavy atom. The van der Waals surface area contributed by atoms with Crippen LogP contribution in [0.5, 0.6) is 0 Å². The number of hydrogen-bond donors (Lipinski definition) is 2. The molecular weight excluding hydrogens is 252 g/mol. The van der Waals surface area contributed by atoms with Gasteiger partial charge in [0, 0.05) is 38.6 Å². The molecule has 5 nitrogen and oxygen atoms in total. The van der Waals surface area contributed by atoms with Gasteiger partial charge < -0.3 is 15.5 Å². The van der Waals surface area contributed by atoms with Crippen molar-refractivity contribution in [2.45, 2.75) is 40.5 Å². The molecular formula is C15H30N4O. The summed E-state index contributed by atoms with van der Waals surface area (Å²) in [6.07, 6.45) is 2.53. The van der Waals surface area contributed by atoms with E-state index >= 15 is 0 Å². The van der Waals surface area contributed by atoms with Crippen LogP contribution in [0.4, 0.5) is 0 Å². The third kappa shape index (κ3) is 5.39. The van der Waals surface area contributed by atoms with Gasteiger partial charge in [-0.1, -0.05) is 27.7 Å². The van der Waals surface area contributed by atoms with Gasteiger partial charge in [-0.2, -0.15) is 0 Å². The molecule has 1 heterocycles. The average Bonchev–Trinajstić information content (AvgIpc) is 2.37. The number of amides is 1. The summed E-state index contributed by atoms with van der Waals surface area (Å²) in [7, 11) is 1.81. The Labute approximate surface area is 123 Å². The van der Waals surface area contributed by atoms with Crippen LogP contribution in [-0.4, -0.2) is 50.0 Å². The summed E-state index contributed by atoms with van der Waals surface area (Å²) < 4.78 is 0. The number of nitrogens with zero attached hydrogens (tertiary/aromatic N) is 2. The summed E-state index contributed by atoms with van der Waals surface area (Å²) in [5.41, 5.74) is -0.329. The highest BCUT2D eigenvalue weighted by Gasteiger charge is 2.21. The van der Waals surface area contributed by atoms with E-state index < -0.39 is 0 Å². The van der Waals surface area contributed by atoms with Gasteiger partial charge in [-0.25, -0.2) is 0 Å². The van der Waals surface area contributed by atoms with Crippen LogP contribution in [0.25, 0.3) is 0 Å². The van der Waals surface area contributed by atoms with Gasteiger partial charge in [-0.3, -0.25) is 9.79 Å². The van der Waals surface area contributed by atoms with Crippen LogP contribution in [0.1, 0.15) is 40.5 Å². The molecule has 5 heteroatoms. The number of rotatable bonds is 3. The molecule has 1 rings (SSSR count). The van der Waals surface area contributed by atoms with Crippen molar-refractivity contribution in [3.05, 3.63) is 0 Å². The predicted molar refractivity (Wildman–Crippen MR) is 83.8 cm³/mol. The minimum absolute atomic E-state index is 0.0841. The largest absolute Gasteiger partial charge is 0.354 e. The fourth-order valence-corrected chi connectivity index (χ4v) is 2.33. The molecule has 1 amide bonds. The van der Waals surface area contributed by atoms with E-state index in [2.05, 4.69) is 27.4 Å². The van der Waals surface area contributed by atoms with E-state index in [0.717, 1.165) is 25.0 Å². The van der Waals surface area contributed by atoms with E-state index in [1.807, 2.05) is 27.8 Å². The van der Waals surface area contributed by atoms with Crippen molar-refractivity contribution in [2.75, 3.05) is 33.2 Å². The highest BCUT2D eigenvalue weighted by atomic mass is 16.2. The third-order valence-corrected chi connectivity index (χ3v) is 3.54. The maximum Gasteiger partial charge on any atom is 0.225 e. The van der Waals surface area contributed by atoms with Gasteiger partial charge in [0.05, 0.1) is 0 Å². The molecule has 1 aliphatic rings. The topological polar surface area (TPSA) is 56.7 Å². The second-order valence-electron chi connectivity index (χ2n) is 6.67. The maximum atomic E-state index is 11.7. The first-order valence-electron chi connectivity index (χ1n) is 7.58. The Kier molecular flexibility index (Phi) is 6.30. The van der Waals surface area contributed by atoms with Crippen LogP contribution in [0.2, 0.25) is 0 Å². The summed E-state index contributed by atoms with van der Waals surface area (Å²) in [4.78, 5) is 18.4. The summed E-state index contributed by atoms with van der Waals surface area (Å²) in [5.74, 6) is 1.75. The van der Waals surface area contributed by atoms with Crippen LogP contribution in [0.15, 0.2) is 4.99 Å². The lowest BCUT2D eigenvalue weighted by atomic mass is 9.96. The minimum atomic E-state index is -0.329. The SMILES string of the molecule is CN=C(NCCNC(=O)C(C)(C)C)N1CCCC(C)C1. The molecule has 1 saturated heterocycles. The third-order valence-electron chi connectivity index (χ3n) is 3.54. The molecule has 0 aromatic carbocycles. The fourth-order valence-electron chi connectivity index (χ4n) is 2.33. The Balaban J connectivity index is 2.30. The van der Waals surface area contributed by atoms with E-state index in [1.54, 1.807) is 0 Å². The second kappa shape index (κ2) is 7.50. The van der Waals surface area contributed by atoms with Crippen LogP contribution < -0.4 is 10.6 Å². The standard InChI is InChI=1S/C15H30N4O/c1-12-7-6-10-19(11-12)14(16-5)18-9-8-17-13(20)15(2,3)4/h12H,6-11H2,1-5H3,(H,16,18)(H,17,20). The van der Waals surface area contributed by atoms with Crippen molar-refractivity contribution in [2.24, 2.45) is 16.3 Å². The Hall–Kier alpha value is -1.26. The van der Waals surface area contributed by atoms with E-state index in [-0.39, 0.29) is 11.3 Å². The Morgan fingerprint density at radius 3 is 2.50 bits per heavy atom. The highest BCUT2D eigenvalue weighted by Crippen LogP contribution is 2.15. The van der Waals surface area contributed by atoms with Crippen LogP contribution in [0.3, 0.4) is 0 Å². The van der Waals surface area contributed by atoms with Crippen molar-refractivity contribution in [1.29, 1.82) is 0 Å². The number of aliphatic imine (C=N–C) groups is 1. The van der Waals surface area contributed by atoms with Gasteiger partial charge in [0.1, 0.15) is 0 Å². The summed E-state index contributed by atoms with van der Waals surface area (Å²) in [6.45, 7) is 11.5. The van der Waals surface area contributed by atoms with E-state index in [9.17, 15) is 4.79 Å². The van der Waals surface area contributed by atoms with Crippen molar-refractivity contribution in [3.63, 3.8) is 0 Å². The van der Waals surface area contributed by atoms with Gasteiger partial charge in [0.15, 0.2) is 5.96 Å². The van der Waals surface area contributed by atoms with E-state index in [4.69, 9.17) is 0 Å². The summed E-state index contributed by atoms with van der Waals surface area (Å²) in [6, 6.07) is 0. The number of guanidine groups is 1. The Bertz CT molecular complexity index is 346. The molecule has 0 saturated carbocycles. The van der Waals surface area contributed by atoms with E-state index in [0.29, 0.717) is 13.1 Å². The van der Waals surface area contributed by atoms with Crippen LogP contribution >= 0.6 is 0 Å². The zero-order chi connectivity index (χ0) is 15.2. The average molecular weight is 282 g/mol. The van der Waals surface area contributed by atoms with Gasteiger partial charge in [-0.15, -0.1) is 0 Å². The lowest BCUT2D eigenvalue weighted by Gasteiger charge is -2.33. The number of hydrogen-bond acceptors (Lipinski definition) is 2. The molecule has 2 N–H and O–H groups in total. The maximum absolute atomic E-state index is 11.7. The van der Waals surface area contributed by atoms with E-state index in [1.165, 1.54) is 12.8 Å². The van der Waals surface area contributed by atoms with Gasteiger partial charge in [-0.05, 0) is 18.8 Å². The first kappa shape index (κ1) is 16.8. The molecule has 0 spiro atoms. The molecule has 0 aromatic rings. The fraction of sp³-hybridized carbons (Fsp3) is 0.867. The first-order valence-corrected chi connectivity index (χ1v) is 7.58. The molecule has 20 heavy (non-hydrogen) atoms. The van der Waals surface area contributed by atoms with Gasteiger partial charge in [0.25, 0.3) is 0 Å². The Morgan fingerprint density at radius 2 is 1.95 bits per heavy atom. The number of likely N-dealkylation sites (tertiary alicyclic amines) is 1. The minimum Gasteiger partial charge on any atom is -0.354 e. The monoisotopic (exact) mass is 282 g/mol. The highest BCUT2D eigenvalue weighted by molar-refractivity contribution is 5.82. The zero-order valence-corrected chi connectivity index (χ0v) is 13.6. The van der Waals surface area contributed by atoms with Gasteiger partial charge in [0.2, 0.25) is 5.91 Å².